The highest BCUT2D eigenvalue weighted by Crippen LogP contribution is 2.56. The van der Waals surface area contributed by atoms with Gasteiger partial charge in [0.2, 0.25) is 5.78 Å². The molecule has 0 radical (unpaired) electrons. The molecule has 212 valence electrons. The summed E-state index contributed by atoms with van der Waals surface area (Å²) in [5.74, 6) is -8.91. The van der Waals surface area contributed by atoms with Gasteiger partial charge in [0, 0.05) is 30.1 Å². The average molecular weight is 544 g/mol. The number of hydrogen-bond donors (Lipinski definition) is 7. The van der Waals surface area contributed by atoms with Crippen molar-refractivity contribution in [3.05, 3.63) is 45.7 Å². The number of primary amides is 1. The lowest BCUT2D eigenvalue weighted by molar-refractivity contribution is -0.169. The number of nitrogens with two attached hydrogens (primary N) is 1. The molecule has 11 nitrogen and oxygen atoms in total. The van der Waals surface area contributed by atoms with Crippen molar-refractivity contribution in [2.24, 2.45) is 23.0 Å². The summed E-state index contributed by atoms with van der Waals surface area (Å²) >= 11 is 0. The summed E-state index contributed by atoms with van der Waals surface area (Å²) in [6.45, 7) is 8.78. The van der Waals surface area contributed by atoms with Gasteiger partial charge in [-0.15, -0.1) is 0 Å². The molecule has 0 saturated heterocycles. The zero-order chi connectivity index (χ0) is 29.4. The smallest absolute Gasteiger partial charge is 0.255 e. The number of ketones is 2. The van der Waals surface area contributed by atoms with E-state index in [0.717, 1.165) is 0 Å². The number of likely N-dealkylation sites (N-methyl/N-ethyl adjacent to an activating group) is 1. The van der Waals surface area contributed by atoms with Crippen LogP contribution in [0.15, 0.2) is 29.0 Å². The van der Waals surface area contributed by atoms with Crippen molar-refractivity contribution >= 4 is 23.2 Å². The van der Waals surface area contributed by atoms with Gasteiger partial charge in [-0.2, -0.15) is 0 Å². The molecular weight excluding hydrogens is 506 g/mol. The number of phenols is 1. The minimum absolute atomic E-state index is 0.0129. The largest absolute Gasteiger partial charge is 0.508 e. The SMILES string of the molecule is C[C@H]1c2ccc(CNCC(C)(C)C)c(O)c2C(O)=C2C(=O)[C@]3(O)C(O)=C(C(N)=O)C(=O)[C@@H](N(C)C)[C@@H]3[C@@H](O)[C@@H]21. The van der Waals surface area contributed by atoms with Crippen molar-refractivity contribution in [1.29, 1.82) is 0 Å². The number of carbonyl (C=O) groups excluding carboxylic acids is 3. The molecule has 3 aliphatic rings. The van der Waals surface area contributed by atoms with E-state index in [1.807, 2.05) is 0 Å². The summed E-state index contributed by atoms with van der Waals surface area (Å²) < 4.78 is 0. The summed E-state index contributed by atoms with van der Waals surface area (Å²) in [5, 5.41) is 60.1. The van der Waals surface area contributed by atoms with Gasteiger partial charge in [0.25, 0.3) is 5.91 Å². The van der Waals surface area contributed by atoms with E-state index in [1.54, 1.807) is 19.1 Å². The van der Waals surface area contributed by atoms with E-state index in [-0.39, 0.29) is 23.3 Å². The fourth-order valence-corrected chi connectivity index (χ4v) is 6.37. The van der Waals surface area contributed by atoms with Gasteiger partial charge in [-0.25, -0.2) is 0 Å². The highest BCUT2D eigenvalue weighted by atomic mass is 16.4. The van der Waals surface area contributed by atoms with Crippen LogP contribution in [0.5, 0.6) is 5.75 Å². The van der Waals surface area contributed by atoms with Gasteiger partial charge >= 0.3 is 0 Å². The van der Waals surface area contributed by atoms with Crippen molar-refractivity contribution < 1.29 is 39.9 Å². The molecule has 0 spiro atoms. The number of carbonyl (C=O) groups is 3. The van der Waals surface area contributed by atoms with E-state index < -0.39 is 75.6 Å². The number of aliphatic hydroxyl groups is 4. The van der Waals surface area contributed by atoms with Gasteiger partial charge in [0.05, 0.1) is 23.6 Å². The average Bonchev–Trinajstić information content (AvgIpc) is 2.81. The Labute approximate surface area is 226 Å². The third-order valence-corrected chi connectivity index (χ3v) is 8.18. The molecule has 0 aromatic heterocycles. The predicted octanol–water partition coefficient (Wildman–Crippen LogP) is 0.632. The summed E-state index contributed by atoms with van der Waals surface area (Å²) in [6.07, 6.45) is -1.61. The second-order valence-electron chi connectivity index (χ2n) is 12.3. The molecule has 3 aliphatic carbocycles. The fraction of sp³-hybridized carbons (Fsp3) is 0.536. The zero-order valence-corrected chi connectivity index (χ0v) is 22.9. The standard InChI is InChI=1S/C28H37N3O8/c1-11-13-8-7-12(9-30-10-27(2,3)4)20(32)15(13)21(33)16-14(11)22(34)18-19(31(5)6)23(35)17(26(29)38)25(37)28(18,39)24(16)36/h7-8,11,14,18-19,22,30,32-34,37,39H,9-10H2,1-6H3,(H2,29,38)/t11-,14+,18+,19-,22-,28-/m0/s1. The first-order valence-electron chi connectivity index (χ1n) is 12.8. The summed E-state index contributed by atoms with van der Waals surface area (Å²) in [7, 11) is 2.94. The van der Waals surface area contributed by atoms with Gasteiger partial charge < -0.3 is 36.6 Å². The van der Waals surface area contributed by atoms with Crippen LogP contribution in [0, 0.1) is 17.3 Å². The molecule has 1 saturated carbocycles. The second kappa shape index (κ2) is 9.44. The monoisotopic (exact) mass is 543 g/mol. The maximum atomic E-state index is 14.0. The lowest BCUT2D eigenvalue weighted by Crippen LogP contribution is -2.70. The third-order valence-electron chi connectivity index (χ3n) is 8.18. The number of amides is 1. The molecule has 11 heteroatoms. The number of fused-ring (bicyclic) bond motifs is 3. The maximum absolute atomic E-state index is 14.0. The molecule has 8 N–H and O–H groups in total. The molecule has 1 aromatic rings. The number of hydrogen-bond acceptors (Lipinski definition) is 10. The molecule has 1 fully saturated rings. The van der Waals surface area contributed by atoms with Gasteiger partial charge in [0.1, 0.15) is 22.8 Å². The maximum Gasteiger partial charge on any atom is 0.255 e. The van der Waals surface area contributed by atoms with Crippen LogP contribution in [-0.2, 0) is 20.9 Å². The van der Waals surface area contributed by atoms with E-state index in [2.05, 4.69) is 26.1 Å². The van der Waals surface area contributed by atoms with Crippen molar-refractivity contribution in [3.63, 3.8) is 0 Å². The number of rotatable bonds is 5. The first kappa shape index (κ1) is 28.8. The fourth-order valence-electron chi connectivity index (χ4n) is 6.37. The number of nitrogens with zero attached hydrogens (tertiary/aromatic N) is 1. The minimum atomic E-state index is -2.93. The van der Waals surface area contributed by atoms with E-state index >= 15 is 0 Å². The van der Waals surface area contributed by atoms with Crippen LogP contribution < -0.4 is 11.1 Å². The van der Waals surface area contributed by atoms with E-state index in [1.165, 1.54) is 19.0 Å². The zero-order valence-electron chi connectivity index (χ0n) is 22.9. The molecule has 6 atom stereocenters. The Balaban J connectivity index is 1.92. The Morgan fingerprint density at radius 1 is 1.15 bits per heavy atom. The third kappa shape index (κ3) is 4.15. The van der Waals surface area contributed by atoms with Crippen molar-refractivity contribution in [3.8, 4) is 5.75 Å². The lowest BCUT2D eigenvalue weighted by atomic mass is 9.54. The molecule has 39 heavy (non-hydrogen) atoms. The Bertz CT molecular complexity index is 1320. The van der Waals surface area contributed by atoms with Crippen LogP contribution >= 0.6 is 0 Å². The first-order chi connectivity index (χ1) is 18.0. The lowest BCUT2D eigenvalue weighted by Gasteiger charge is -2.53. The summed E-state index contributed by atoms with van der Waals surface area (Å²) in [6, 6.07) is 2.03. The van der Waals surface area contributed by atoms with E-state index in [9.17, 15) is 39.9 Å². The molecular formula is C28H37N3O8. The number of nitrogens with one attached hydrogen (secondary N) is 1. The molecule has 0 aliphatic heterocycles. The summed E-state index contributed by atoms with van der Waals surface area (Å²) in [5.41, 5.74) is 1.97. The Morgan fingerprint density at radius 2 is 1.77 bits per heavy atom. The highest BCUT2D eigenvalue weighted by Gasteiger charge is 2.68. The van der Waals surface area contributed by atoms with Crippen molar-refractivity contribution in [1.82, 2.24) is 10.2 Å². The molecule has 1 aromatic carbocycles. The van der Waals surface area contributed by atoms with Crippen LogP contribution in [0.3, 0.4) is 0 Å². The minimum Gasteiger partial charge on any atom is -0.508 e. The van der Waals surface area contributed by atoms with E-state index in [4.69, 9.17) is 5.73 Å². The Morgan fingerprint density at radius 3 is 2.31 bits per heavy atom. The van der Waals surface area contributed by atoms with Gasteiger partial charge in [0.15, 0.2) is 11.4 Å². The molecule has 0 bridgehead atoms. The molecule has 1 amide bonds. The number of aliphatic hydroxyl groups excluding tert-OH is 3. The van der Waals surface area contributed by atoms with Gasteiger partial charge in [-0.1, -0.05) is 39.8 Å². The number of Topliss-reactive ketones (excluding diaryl/α,β-unsaturated/α-hetero) is 2. The van der Waals surface area contributed by atoms with E-state index in [0.29, 0.717) is 17.7 Å². The van der Waals surface area contributed by atoms with Crippen LogP contribution in [0.4, 0.5) is 0 Å². The number of aromatic hydroxyl groups is 1. The second-order valence-corrected chi connectivity index (χ2v) is 12.3. The number of phenolic OH excluding ortho intramolecular Hbond substituents is 1. The quantitative estimate of drug-likeness (QED) is 0.259. The van der Waals surface area contributed by atoms with Gasteiger partial charge in [-0.3, -0.25) is 19.3 Å². The topological polar surface area (TPSA) is 194 Å². The first-order valence-corrected chi connectivity index (χ1v) is 12.8. The molecule has 4 rings (SSSR count). The van der Waals surface area contributed by atoms with Crippen LogP contribution in [-0.4, -0.2) is 86.3 Å². The normalized spacial score (nSPS) is 30.8. The predicted molar refractivity (Wildman–Crippen MR) is 142 cm³/mol. The molecule has 0 unspecified atom stereocenters. The molecule has 0 heterocycles. The number of benzene rings is 1. The Kier molecular flexibility index (Phi) is 6.96. The van der Waals surface area contributed by atoms with Crippen molar-refractivity contribution in [2.75, 3.05) is 20.6 Å². The Hall–Kier alpha value is -3.25. The van der Waals surface area contributed by atoms with Crippen LogP contribution in [0.1, 0.15) is 50.3 Å². The summed E-state index contributed by atoms with van der Waals surface area (Å²) in [4.78, 5) is 40.7. The highest BCUT2D eigenvalue weighted by molar-refractivity contribution is 6.24. The van der Waals surface area contributed by atoms with Crippen LogP contribution in [0.25, 0.3) is 5.76 Å². The van der Waals surface area contributed by atoms with Gasteiger partial charge in [-0.05, 0) is 31.0 Å². The van der Waals surface area contributed by atoms with Crippen LogP contribution in [0.2, 0.25) is 0 Å². The van der Waals surface area contributed by atoms with Crippen molar-refractivity contribution in [2.45, 2.75) is 57.9 Å².